The first-order chi connectivity index (χ1) is 10.3. The zero-order valence-electron chi connectivity index (χ0n) is 14.8. The minimum Gasteiger partial charge on any atom is -0.398 e. The lowest BCUT2D eigenvalue weighted by atomic mass is 10.1. The molecule has 0 aliphatic rings. The molecule has 0 saturated carbocycles. The van der Waals surface area contributed by atoms with Gasteiger partial charge in [0.2, 0.25) is 0 Å². The van der Waals surface area contributed by atoms with Gasteiger partial charge in [-0.25, -0.2) is 0 Å². The molecule has 1 heterocycles. The van der Waals surface area contributed by atoms with E-state index < -0.39 is 8.24 Å². The summed E-state index contributed by atoms with van der Waals surface area (Å²) in [6.45, 7) is 14.3. The average molecular weight is 315 g/mol. The Labute approximate surface area is 136 Å². The van der Waals surface area contributed by atoms with Crippen molar-refractivity contribution in [1.29, 1.82) is 0 Å². The predicted molar refractivity (Wildman–Crippen MR) is 101 cm³/mol. The monoisotopic (exact) mass is 314 g/mol. The van der Waals surface area contributed by atoms with Crippen LogP contribution >= 0.6 is 0 Å². The molecule has 0 saturated heterocycles. The Morgan fingerprint density at radius 3 is 1.91 bits per heavy atom. The molecule has 1 aromatic heterocycles. The maximum atomic E-state index is 6.15. The summed E-state index contributed by atoms with van der Waals surface area (Å²) < 4.78 is 2.56. The van der Waals surface area contributed by atoms with E-state index in [-0.39, 0.29) is 0 Å². The topological polar surface area (TPSA) is 30.9 Å². The lowest BCUT2D eigenvalue weighted by Crippen LogP contribution is -2.51. The molecule has 2 nitrogen and oxygen atoms in total. The van der Waals surface area contributed by atoms with Gasteiger partial charge in [-0.1, -0.05) is 59.7 Å². The van der Waals surface area contributed by atoms with Gasteiger partial charge in [0, 0.05) is 23.0 Å². The van der Waals surface area contributed by atoms with E-state index in [1.807, 2.05) is 12.1 Å². The summed E-state index contributed by atoms with van der Waals surface area (Å²) in [6, 6.07) is 10.4. The second-order valence-corrected chi connectivity index (χ2v) is 13.0. The van der Waals surface area contributed by atoms with Gasteiger partial charge in [0.1, 0.15) is 0 Å². The molecule has 0 fully saturated rings. The lowest BCUT2D eigenvalue weighted by molar-refractivity contribution is 0.766. The van der Waals surface area contributed by atoms with E-state index in [4.69, 9.17) is 5.73 Å². The summed E-state index contributed by atoms with van der Waals surface area (Å²) in [5.41, 5.74) is 11.5. The van der Waals surface area contributed by atoms with Crippen molar-refractivity contribution in [1.82, 2.24) is 4.23 Å². The molecule has 0 bridgehead atoms. The minimum atomic E-state index is -1.66. The molecule has 22 heavy (non-hydrogen) atoms. The molecule has 0 atom stereocenters. The molecule has 0 unspecified atom stereocenters. The Bertz CT molecular complexity index is 604. The van der Waals surface area contributed by atoms with Gasteiger partial charge >= 0.3 is 0 Å². The first kappa shape index (κ1) is 16.9. The van der Waals surface area contributed by atoms with E-state index in [0.717, 1.165) is 11.3 Å². The summed E-state index contributed by atoms with van der Waals surface area (Å²) in [5.74, 6) is 0. The van der Waals surface area contributed by atoms with Crippen LogP contribution < -0.4 is 5.73 Å². The maximum absolute atomic E-state index is 6.15. The third-order valence-electron chi connectivity index (χ3n) is 5.19. The quantitative estimate of drug-likeness (QED) is 0.552. The van der Waals surface area contributed by atoms with Crippen molar-refractivity contribution in [2.24, 2.45) is 0 Å². The van der Waals surface area contributed by atoms with Gasteiger partial charge in [0.25, 0.3) is 0 Å². The summed E-state index contributed by atoms with van der Waals surface area (Å²) in [7, 11) is -1.66. The van der Waals surface area contributed by atoms with Crippen LogP contribution in [0.15, 0.2) is 42.7 Å². The number of nitrogens with two attached hydrogens (primary N) is 1. The average Bonchev–Trinajstić information content (AvgIpc) is 2.88. The van der Waals surface area contributed by atoms with E-state index in [1.54, 1.807) is 0 Å². The summed E-state index contributed by atoms with van der Waals surface area (Å²) >= 11 is 0. The molecule has 0 aliphatic heterocycles. The molecule has 0 amide bonds. The molecule has 2 N–H and O–H groups in total. The van der Waals surface area contributed by atoms with Gasteiger partial charge < -0.3 is 9.97 Å². The van der Waals surface area contributed by atoms with E-state index in [0.29, 0.717) is 16.6 Å². The molecule has 120 valence electrons. The highest BCUT2D eigenvalue weighted by atomic mass is 28.3. The Balaban J connectivity index is 2.55. The Morgan fingerprint density at radius 2 is 1.41 bits per heavy atom. The second-order valence-electron chi connectivity index (χ2n) is 7.25. The number of rotatable bonds is 5. The van der Waals surface area contributed by atoms with Crippen LogP contribution in [0.5, 0.6) is 0 Å². The van der Waals surface area contributed by atoms with Crippen LogP contribution in [0.2, 0.25) is 16.6 Å². The van der Waals surface area contributed by atoms with E-state index in [1.165, 1.54) is 5.56 Å². The molecule has 2 rings (SSSR count). The highest BCUT2D eigenvalue weighted by Crippen LogP contribution is 2.43. The molecular weight excluding hydrogens is 284 g/mol. The number of nitrogens with zero attached hydrogens (tertiary/aromatic N) is 1. The van der Waals surface area contributed by atoms with Gasteiger partial charge in [-0.15, -0.1) is 0 Å². The summed E-state index contributed by atoms with van der Waals surface area (Å²) in [4.78, 5) is 0. The van der Waals surface area contributed by atoms with Crippen molar-refractivity contribution < 1.29 is 0 Å². The standard InChI is InChI=1S/C19H30N2Si/c1-14(2)22(15(3)4,16(5)6)21-12-11-17(13-21)18-9-7-8-10-19(18)20/h7-16H,20H2,1-6H3. The van der Waals surface area contributed by atoms with Gasteiger partial charge in [0.15, 0.2) is 8.24 Å². The third-order valence-corrected chi connectivity index (χ3v) is 11.9. The van der Waals surface area contributed by atoms with E-state index in [2.05, 4.69) is 76.4 Å². The molecule has 3 heteroatoms. The first-order valence-electron chi connectivity index (χ1n) is 8.35. The van der Waals surface area contributed by atoms with Gasteiger partial charge in [-0.05, 0) is 35.0 Å². The van der Waals surface area contributed by atoms with E-state index >= 15 is 0 Å². The van der Waals surface area contributed by atoms with Crippen LogP contribution in [0.4, 0.5) is 5.69 Å². The highest BCUT2D eigenvalue weighted by Gasteiger charge is 2.44. The second kappa shape index (κ2) is 6.33. The van der Waals surface area contributed by atoms with Crippen LogP contribution in [0.25, 0.3) is 11.1 Å². The number of anilines is 1. The van der Waals surface area contributed by atoms with Crippen molar-refractivity contribution in [3.63, 3.8) is 0 Å². The van der Waals surface area contributed by atoms with Crippen LogP contribution in [0, 0.1) is 0 Å². The van der Waals surface area contributed by atoms with Gasteiger partial charge in [0.05, 0.1) is 0 Å². The fourth-order valence-electron chi connectivity index (χ4n) is 4.45. The summed E-state index contributed by atoms with van der Waals surface area (Å²) in [6.07, 6.45) is 4.62. The molecule has 0 aliphatic carbocycles. The van der Waals surface area contributed by atoms with Crippen LogP contribution in [0.1, 0.15) is 41.5 Å². The molecule has 1 aromatic carbocycles. The lowest BCUT2D eigenvalue weighted by Gasteiger charge is -2.44. The number of aromatic nitrogens is 1. The van der Waals surface area contributed by atoms with Crippen LogP contribution in [-0.4, -0.2) is 12.5 Å². The summed E-state index contributed by atoms with van der Waals surface area (Å²) in [5, 5.41) is 0. The van der Waals surface area contributed by atoms with Crippen molar-refractivity contribution in [3.8, 4) is 11.1 Å². The van der Waals surface area contributed by atoms with Crippen molar-refractivity contribution in [2.45, 2.75) is 58.2 Å². The van der Waals surface area contributed by atoms with E-state index in [9.17, 15) is 0 Å². The van der Waals surface area contributed by atoms with Gasteiger partial charge in [-0.2, -0.15) is 0 Å². The SMILES string of the molecule is CC(C)[Si](C(C)C)(C(C)C)n1ccc(-c2ccccc2N)c1. The predicted octanol–water partition coefficient (Wildman–Crippen LogP) is 5.76. The number of para-hydroxylation sites is 1. The van der Waals surface area contributed by atoms with Crippen molar-refractivity contribution in [2.75, 3.05) is 5.73 Å². The molecular formula is C19H30N2Si. The number of benzene rings is 1. The largest absolute Gasteiger partial charge is 0.398 e. The zero-order chi connectivity index (χ0) is 16.5. The third kappa shape index (κ3) is 2.63. The number of nitrogen functional groups attached to an aromatic ring is 1. The molecule has 2 aromatic rings. The van der Waals surface area contributed by atoms with Gasteiger partial charge in [-0.3, -0.25) is 0 Å². The smallest absolute Gasteiger partial charge is 0.168 e. The van der Waals surface area contributed by atoms with Crippen molar-refractivity contribution in [3.05, 3.63) is 42.7 Å². The molecule has 0 radical (unpaired) electrons. The Hall–Kier alpha value is -1.48. The number of hydrogen-bond acceptors (Lipinski definition) is 1. The highest BCUT2D eigenvalue weighted by molar-refractivity contribution is 6.82. The maximum Gasteiger partial charge on any atom is 0.168 e. The minimum absolute atomic E-state index is 0.695. The fraction of sp³-hybridized carbons (Fsp3) is 0.474. The fourth-order valence-corrected chi connectivity index (χ4v) is 10.9. The van der Waals surface area contributed by atoms with Crippen molar-refractivity contribution >= 4 is 13.9 Å². The molecule has 0 spiro atoms. The normalized spacial score (nSPS) is 12.6. The Kier molecular flexibility index (Phi) is 4.86. The number of hydrogen-bond donors (Lipinski definition) is 1. The van der Waals surface area contributed by atoms with Crippen LogP contribution in [0.3, 0.4) is 0 Å². The zero-order valence-corrected chi connectivity index (χ0v) is 15.8. The van der Waals surface area contributed by atoms with Crippen LogP contribution in [-0.2, 0) is 0 Å². The first-order valence-corrected chi connectivity index (χ1v) is 10.5. The Morgan fingerprint density at radius 1 is 0.864 bits per heavy atom.